The molecular formula is C26H30BF2N3O5. The first-order chi connectivity index (χ1) is 17.5. The fraction of sp³-hybridized carbons (Fsp3) is 0.462. The first-order valence-corrected chi connectivity index (χ1v) is 12.4. The van der Waals surface area contributed by atoms with Crippen LogP contribution in [0.3, 0.4) is 0 Å². The van der Waals surface area contributed by atoms with Gasteiger partial charge in [-0.3, -0.25) is 9.36 Å². The van der Waals surface area contributed by atoms with Crippen LogP contribution in [0.2, 0.25) is 0 Å². The molecule has 8 nitrogen and oxygen atoms in total. The zero-order chi connectivity index (χ0) is 26.7. The maximum absolute atomic E-state index is 13.6. The van der Waals surface area contributed by atoms with Crippen molar-refractivity contribution in [1.29, 1.82) is 0 Å². The summed E-state index contributed by atoms with van der Waals surface area (Å²) >= 11 is 0. The number of imidazole rings is 1. The van der Waals surface area contributed by atoms with E-state index in [1.54, 1.807) is 10.6 Å². The molecule has 1 unspecified atom stereocenters. The van der Waals surface area contributed by atoms with Crippen LogP contribution in [-0.2, 0) is 9.31 Å². The van der Waals surface area contributed by atoms with Crippen molar-refractivity contribution in [1.82, 2.24) is 14.5 Å². The molecule has 0 saturated carbocycles. The number of carbonyl (C=O) groups is 1. The highest BCUT2D eigenvalue weighted by Gasteiger charge is 2.52. The Morgan fingerprint density at radius 1 is 1.16 bits per heavy atom. The summed E-state index contributed by atoms with van der Waals surface area (Å²) in [6.07, 6.45) is 0.498. The quantitative estimate of drug-likeness (QED) is 0.505. The predicted molar refractivity (Wildman–Crippen MR) is 135 cm³/mol. The lowest BCUT2D eigenvalue weighted by atomic mass is 9.79. The first-order valence-electron chi connectivity index (χ1n) is 12.4. The molecule has 1 saturated heterocycles. The summed E-state index contributed by atoms with van der Waals surface area (Å²) in [5, 5.41) is 9.72. The number of amides is 1. The van der Waals surface area contributed by atoms with Gasteiger partial charge in [-0.25, -0.2) is 4.98 Å². The average Bonchev–Trinajstić information content (AvgIpc) is 3.27. The third-order valence-corrected chi connectivity index (χ3v) is 7.56. The highest BCUT2D eigenvalue weighted by Crippen LogP contribution is 2.41. The number of rotatable bonds is 6. The number of aromatic nitrogens is 2. The third kappa shape index (κ3) is 4.09. The second-order valence-electron chi connectivity index (χ2n) is 10.3. The van der Waals surface area contributed by atoms with E-state index in [9.17, 15) is 18.7 Å². The molecule has 11 heteroatoms. The minimum atomic E-state index is -3.08. The Kier molecular flexibility index (Phi) is 6.28. The number of ether oxygens (including phenoxy) is 1. The lowest BCUT2D eigenvalue weighted by molar-refractivity contribution is -0.0498. The Bertz CT molecular complexity index is 1340. The van der Waals surface area contributed by atoms with Crippen LogP contribution in [0.4, 0.5) is 8.78 Å². The first kappa shape index (κ1) is 25.6. The number of β-amino-alcohol motifs (C(OH)–C–C–N with tert-alkyl or cyclic N) is 1. The van der Waals surface area contributed by atoms with Crippen molar-refractivity contribution in [2.24, 2.45) is 0 Å². The second kappa shape index (κ2) is 9.07. The van der Waals surface area contributed by atoms with Gasteiger partial charge in [-0.15, -0.1) is 0 Å². The van der Waals surface area contributed by atoms with Gasteiger partial charge in [0.15, 0.2) is 5.75 Å². The van der Waals surface area contributed by atoms with Gasteiger partial charge >= 0.3 is 13.7 Å². The molecule has 2 aliphatic rings. The SMILES string of the molecule is CCC1c2nc3ccc(B4OC(C)(C)C(C)(C)O4)cc3n2-c2c(OC(F)F)cccc2C(=O)N1CCO. The van der Waals surface area contributed by atoms with Crippen molar-refractivity contribution < 1.29 is 32.7 Å². The zero-order valence-corrected chi connectivity index (χ0v) is 21.5. The molecule has 5 rings (SSSR count). The van der Waals surface area contributed by atoms with Crippen LogP contribution in [-0.4, -0.2) is 63.5 Å². The van der Waals surface area contributed by atoms with Crippen molar-refractivity contribution in [2.45, 2.75) is 64.9 Å². The average molecular weight is 513 g/mol. The number of para-hydroxylation sites is 1. The van der Waals surface area contributed by atoms with E-state index >= 15 is 0 Å². The maximum atomic E-state index is 13.6. The molecule has 196 valence electrons. The standard InChI is InChI=1S/C26H30BF2N3O5/c1-6-18-22-30-17-11-10-15(27-36-25(2,3)26(4,5)37-27)14-19(17)32(22)21-16(23(34)31(18)12-13-33)8-7-9-20(21)35-24(28)29/h7-11,14,18,24,33H,6,12-13H2,1-5H3. The molecule has 1 aromatic heterocycles. The Morgan fingerprint density at radius 3 is 2.49 bits per heavy atom. The van der Waals surface area contributed by atoms with Gasteiger partial charge in [-0.2, -0.15) is 8.78 Å². The van der Waals surface area contributed by atoms with Gasteiger partial charge in [0.05, 0.1) is 40.4 Å². The number of nitrogens with zero attached hydrogens (tertiary/aromatic N) is 3. The molecule has 2 aromatic carbocycles. The van der Waals surface area contributed by atoms with Crippen LogP contribution in [0, 0.1) is 0 Å². The number of fused-ring (bicyclic) bond motifs is 5. The Hall–Kier alpha value is -3.02. The molecule has 1 amide bonds. The van der Waals surface area contributed by atoms with Crippen LogP contribution in [0.1, 0.15) is 63.3 Å². The summed E-state index contributed by atoms with van der Waals surface area (Å²) in [7, 11) is -0.646. The van der Waals surface area contributed by atoms with Crippen LogP contribution in [0.15, 0.2) is 36.4 Å². The van der Waals surface area contributed by atoms with Gasteiger partial charge in [0.1, 0.15) is 11.5 Å². The van der Waals surface area contributed by atoms with Crippen molar-refractivity contribution in [2.75, 3.05) is 13.2 Å². The van der Waals surface area contributed by atoms with E-state index in [0.29, 0.717) is 23.3 Å². The third-order valence-electron chi connectivity index (χ3n) is 7.56. The largest absolute Gasteiger partial charge is 0.494 e. The van der Waals surface area contributed by atoms with Crippen molar-refractivity contribution in [3.63, 3.8) is 0 Å². The van der Waals surface area contributed by atoms with Crippen LogP contribution in [0.25, 0.3) is 16.7 Å². The molecule has 0 spiro atoms. The molecule has 0 bridgehead atoms. The summed E-state index contributed by atoms with van der Waals surface area (Å²) in [5.74, 6) is -0.0334. The van der Waals surface area contributed by atoms with E-state index in [0.717, 1.165) is 5.46 Å². The van der Waals surface area contributed by atoms with Gasteiger partial charge in [-0.05, 0) is 63.8 Å². The highest BCUT2D eigenvalue weighted by molar-refractivity contribution is 6.62. The number of aliphatic hydroxyl groups is 1. The molecule has 1 N–H and O–H groups in total. The molecule has 2 aliphatic heterocycles. The van der Waals surface area contributed by atoms with Crippen molar-refractivity contribution in [3.05, 3.63) is 47.8 Å². The number of halogens is 2. The van der Waals surface area contributed by atoms with E-state index in [1.807, 2.05) is 52.8 Å². The van der Waals surface area contributed by atoms with Crippen LogP contribution < -0.4 is 10.2 Å². The van der Waals surface area contributed by atoms with E-state index in [-0.39, 0.29) is 30.2 Å². The Morgan fingerprint density at radius 2 is 1.86 bits per heavy atom. The molecule has 0 radical (unpaired) electrons. The summed E-state index contributed by atoms with van der Waals surface area (Å²) in [5.41, 5.74) is 1.24. The van der Waals surface area contributed by atoms with E-state index in [2.05, 4.69) is 0 Å². The fourth-order valence-electron chi connectivity index (χ4n) is 5.02. The molecule has 3 heterocycles. The Balaban J connectivity index is 1.77. The minimum Gasteiger partial charge on any atom is -0.433 e. The minimum absolute atomic E-state index is 0.0685. The van der Waals surface area contributed by atoms with Gasteiger partial charge in [-0.1, -0.05) is 19.1 Å². The number of hydrogen-bond donors (Lipinski definition) is 1. The Labute approximate surface area is 214 Å². The summed E-state index contributed by atoms with van der Waals surface area (Å²) in [4.78, 5) is 20.0. The lowest BCUT2D eigenvalue weighted by Crippen LogP contribution is -2.41. The van der Waals surface area contributed by atoms with E-state index in [1.165, 1.54) is 17.0 Å². The number of alkyl halides is 2. The fourth-order valence-corrected chi connectivity index (χ4v) is 5.02. The van der Waals surface area contributed by atoms with Gasteiger partial charge in [0.25, 0.3) is 5.91 Å². The highest BCUT2D eigenvalue weighted by atomic mass is 19.3. The molecule has 1 fully saturated rings. The molecule has 1 atom stereocenters. The number of carbonyl (C=O) groups excluding carboxylic acids is 1. The topological polar surface area (TPSA) is 86.1 Å². The van der Waals surface area contributed by atoms with Crippen molar-refractivity contribution >= 4 is 29.5 Å². The van der Waals surface area contributed by atoms with E-state index in [4.69, 9.17) is 19.0 Å². The smallest absolute Gasteiger partial charge is 0.433 e. The normalized spacial score (nSPS) is 20.4. The molecule has 37 heavy (non-hydrogen) atoms. The zero-order valence-electron chi connectivity index (χ0n) is 21.5. The maximum Gasteiger partial charge on any atom is 0.494 e. The summed E-state index contributed by atoms with van der Waals surface area (Å²) in [6, 6.07) is 9.55. The number of hydrogen-bond acceptors (Lipinski definition) is 6. The van der Waals surface area contributed by atoms with Gasteiger partial charge in [0.2, 0.25) is 0 Å². The van der Waals surface area contributed by atoms with E-state index < -0.39 is 36.9 Å². The molecule has 0 aliphatic carbocycles. The second-order valence-corrected chi connectivity index (χ2v) is 10.3. The summed E-state index contributed by atoms with van der Waals surface area (Å²) in [6.45, 7) is 6.51. The lowest BCUT2D eigenvalue weighted by Gasteiger charge is -2.32. The number of benzene rings is 2. The monoisotopic (exact) mass is 513 g/mol. The van der Waals surface area contributed by atoms with Crippen LogP contribution in [0.5, 0.6) is 5.75 Å². The predicted octanol–water partition coefficient (Wildman–Crippen LogP) is 3.83. The summed E-state index contributed by atoms with van der Waals surface area (Å²) < 4.78 is 46.0. The van der Waals surface area contributed by atoms with Gasteiger partial charge in [0, 0.05) is 6.54 Å². The van der Waals surface area contributed by atoms with Crippen LogP contribution >= 0.6 is 0 Å². The molecule has 3 aromatic rings. The van der Waals surface area contributed by atoms with Crippen molar-refractivity contribution in [3.8, 4) is 11.4 Å². The molecular weight excluding hydrogens is 483 g/mol. The van der Waals surface area contributed by atoms with Gasteiger partial charge < -0.3 is 24.1 Å². The number of aliphatic hydroxyl groups excluding tert-OH is 1.